The van der Waals surface area contributed by atoms with Crippen LogP contribution in [0.4, 0.5) is 0 Å². The van der Waals surface area contributed by atoms with Gasteiger partial charge in [0.15, 0.2) is 0 Å². The number of rotatable bonds is 39. The highest BCUT2D eigenvalue weighted by Crippen LogP contribution is 2.43. The topological polar surface area (TPSA) is 89.9 Å². The van der Waals surface area contributed by atoms with E-state index in [0.717, 1.165) is 77.0 Å². The summed E-state index contributed by atoms with van der Waals surface area (Å²) in [5, 5.41) is 0. The molecule has 7 nitrogen and oxygen atoms in total. The maximum Gasteiger partial charge on any atom is 0.472 e. The number of hydrogen-bond donors (Lipinski definition) is 1. The fourth-order valence-corrected chi connectivity index (χ4v) is 6.81. The molecule has 0 saturated carbocycles. The van der Waals surface area contributed by atoms with Gasteiger partial charge in [-0.25, -0.2) is 4.57 Å². The average Bonchev–Trinajstić information content (AvgIpc) is 3.07. The first-order valence-corrected chi connectivity index (χ1v) is 22.8. The number of hydrogen-bond acceptors (Lipinski definition) is 5. The van der Waals surface area contributed by atoms with Gasteiger partial charge in [-0.15, -0.1) is 0 Å². The van der Waals surface area contributed by atoms with Crippen molar-refractivity contribution in [2.75, 3.05) is 40.9 Å². The zero-order chi connectivity index (χ0) is 37.9. The molecule has 0 aromatic carbocycles. The third-order valence-corrected chi connectivity index (χ3v) is 10.6. The number of ketones is 2. The van der Waals surface area contributed by atoms with Gasteiger partial charge in [0.1, 0.15) is 30.6 Å². The number of nitrogens with zero attached hydrogens (tertiary/aromatic N) is 1. The van der Waals surface area contributed by atoms with E-state index in [0.29, 0.717) is 23.9 Å². The molecule has 0 spiro atoms. The summed E-state index contributed by atoms with van der Waals surface area (Å²) in [5.74, 6) is -1.38. The van der Waals surface area contributed by atoms with E-state index in [-0.39, 0.29) is 18.2 Å². The summed E-state index contributed by atoms with van der Waals surface area (Å²) < 4.78 is 23.5. The summed E-state index contributed by atoms with van der Waals surface area (Å²) >= 11 is 0. The maximum absolute atomic E-state index is 13.2. The molecule has 0 saturated heterocycles. The van der Waals surface area contributed by atoms with Crippen LogP contribution in [-0.4, -0.2) is 61.8 Å². The van der Waals surface area contributed by atoms with E-state index in [1.165, 1.54) is 89.9 Å². The van der Waals surface area contributed by atoms with Gasteiger partial charge in [-0.1, -0.05) is 141 Å². The highest BCUT2D eigenvalue weighted by Gasteiger charge is 2.31. The molecule has 300 valence electrons. The van der Waals surface area contributed by atoms with E-state index in [9.17, 15) is 19.0 Å². The lowest BCUT2D eigenvalue weighted by atomic mass is 9.92. The molecular formula is C43H83NO6P+. The Morgan fingerprint density at radius 2 is 0.882 bits per heavy atom. The summed E-state index contributed by atoms with van der Waals surface area (Å²) in [6.45, 7) is 4.69. The zero-order valence-corrected chi connectivity index (χ0v) is 35.1. The molecule has 0 aliphatic rings. The normalized spacial score (nSPS) is 14.1. The van der Waals surface area contributed by atoms with E-state index in [4.69, 9.17) is 9.05 Å². The molecule has 0 amide bonds. The monoisotopic (exact) mass is 741 g/mol. The lowest BCUT2D eigenvalue weighted by molar-refractivity contribution is -0.870. The molecule has 0 aliphatic heterocycles. The zero-order valence-electron chi connectivity index (χ0n) is 34.2. The number of likely N-dealkylation sites (N-methyl/N-ethyl adjacent to an activating group) is 1. The number of Topliss-reactive ketones (excluding diaryl/α,β-unsaturated/α-hetero) is 2. The first-order chi connectivity index (χ1) is 24.5. The maximum atomic E-state index is 13.2. The molecule has 0 rings (SSSR count). The molecule has 8 heteroatoms. The van der Waals surface area contributed by atoms with E-state index in [1.807, 2.05) is 21.1 Å². The van der Waals surface area contributed by atoms with Gasteiger partial charge < -0.3 is 9.38 Å². The minimum Gasteiger partial charge on any atom is -0.329 e. The van der Waals surface area contributed by atoms with Crippen molar-refractivity contribution in [1.29, 1.82) is 0 Å². The van der Waals surface area contributed by atoms with Crippen LogP contribution in [-0.2, 0) is 23.2 Å². The second kappa shape index (κ2) is 34.6. The van der Waals surface area contributed by atoms with Crippen molar-refractivity contribution in [3.05, 3.63) is 24.3 Å². The van der Waals surface area contributed by atoms with Crippen LogP contribution in [0.15, 0.2) is 24.3 Å². The van der Waals surface area contributed by atoms with Gasteiger partial charge in [-0.05, 0) is 64.2 Å². The van der Waals surface area contributed by atoms with E-state index < -0.39 is 20.3 Å². The van der Waals surface area contributed by atoms with Crippen molar-refractivity contribution in [2.45, 2.75) is 194 Å². The minimum absolute atomic E-state index is 0.0493. The summed E-state index contributed by atoms with van der Waals surface area (Å²) in [5.41, 5.74) is 0. The van der Waals surface area contributed by atoms with Gasteiger partial charge in [0.25, 0.3) is 0 Å². The molecule has 1 unspecified atom stereocenters. The first kappa shape index (κ1) is 49.9. The van der Waals surface area contributed by atoms with Crippen LogP contribution in [0, 0.1) is 5.92 Å². The second-order valence-electron chi connectivity index (χ2n) is 15.8. The largest absolute Gasteiger partial charge is 0.472 e. The number of unbranched alkanes of at least 4 members (excludes halogenated alkanes) is 22. The Labute approximate surface area is 316 Å². The van der Waals surface area contributed by atoms with Crippen LogP contribution in [0.5, 0.6) is 0 Å². The Morgan fingerprint density at radius 1 is 0.549 bits per heavy atom. The van der Waals surface area contributed by atoms with Crippen molar-refractivity contribution in [3.63, 3.8) is 0 Å². The highest BCUT2D eigenvalue weighted by atomic mass is 31.2. The van der Waals surface area contributed by atoms with Gasteiger partial charge in [0.05, 0.1) is 27.7 Å². The van der Waals surface area contributed by atoms with Crippen molar-refractivity contribution in [1.82, 2.24) is 0 Å². The Kier molecular flexibility index (Phi) is 33.9. The van der Waals surface area contributed by atoms with Crippen LogP contribution < -0.4 is 0 Å². The van der Waals surface area contributed by atoms with Crippen LogP contribution >= 0.6 is 7.82 Å². The molecule has 51 heavy (non-hydrogen) atoms. The summed E-state index contributed by atoms with van der Waals surface area (Å²) in [6, 6.07) is 0. The van der Waals surface area contributed by atoms with Crippen LogP contribution in [0.1, 0.15) is 194 Å². The number of phosphoric acid groups is 1. The van der Waals surface area contributed by atoms with Gasteiger partial charge in [-0.2, -0.15) is 0 Å². The molecule has 1 atom stereocenters. The van der Waals surface area contributed by atoms with Crippen molar-refractivity contribution < 1.29 is 32.6 Å². The Bertz CT molecular complexity index is 876. The van der Waals surface area contributed by atoms with E-state index in [1.54, 1.807) is 0 Å². The summed E-state index contributed by atoms with van der Waals surface area (Å²) in [7, 11) is 1.52. The van der Waals surface area contributed by atoms with Crippen molar-refractivity contribution >= 4 is 19.4 Å². The second-order valence-corrected chi connectivity index (χ2v) is 17.2. The number of carbonyl (C=O) groups excluding carboxylic acids is 2. The summed E-state index contributed by atoms with van der Waals surface area (Å²) in [4.78, 5) is 36.7. The highest BCUT2D eigenvalue weighted by molar-refractivity contribution is 7.47. The Balaban J connectivity index is 4.47. The first-order valence-electron chi connectivity index (χ1n) is 21.3. The number of carbonyl (C=O) groups is 2. The van der Waals surface area contributed by atoms with Crippen LogP contribution in [0.3, 0.4) is 0 Å². The number of quaternary nitrogens is 1. The van der Waals surface area contributed by atoms with E-state index >= 15 is 0 Å². The molecule has 0 radical (unpaired) electrons. The number of allylic oxidation sites excluding steroid dienone is 4. The van der Waals surface area contributed by atoms with Gasteiger partial charge in [0, 0.05) is 12.8 Å². The van der Waals surface area contributed by atoms with Crippen molar-refractivity contribution in [2.24, 2.45) is 5.92 Å². The molecule has 0 fully saturated rings. The standard InChI is InChI=1S/C43H82NO6P/c1-6-8-10-12-14-16-18-20-22-24-26-28-30-32-34-36-42(45)41(40-50-51(47,48)49-39-38-44(3,4)5)43(46)37-35-33-31-29-27-25-23-21-19-17-15-13-11-9-7-2/h20-23,41H,6-19,24-40H2,1-5H3/p+1. The molecule has 0 aromatic rings. The quantitative estimate of drug-likeness (QED) is 0.0222. The fraction of sp³-hybridized carbons (Fsp3) is 0.860. The van der Waals surface area contributed by atoms with Gasteiger partial charge >= 0.3 is 7.82 Å². The Morgan fingerprint density at radius 3 is 1.24 bits per heavy atom. The van der Waals surface area contributed by atoms with Crippen molar-refractivity contribution in [3.8, 4) is 0 Å². The third kappa shape index (κ3) is 35.7. The van der Waals surface area contributed by atoms with Crippen LogP contribution in [0.2, 0.25) is 0 Å². The summed E-state index contributed by atoms with van der Waals surface area (Å²) in [6.07, 6.45) is 40.5. The SMILES string of the molecule is CCCCCCCCC=CCCCCCCCC(=O)C(COP(=O)(O)OCC[N+](C)(C)C)C(=O)CCCCCCCC=CCCCCCCCC. The average molecular weight is 741 g/mol. The number of phosphoric ester groups is 1. The molecular weight excluding hydrogens is 657 g/mol. The smallest absolute Gasteiger partial charge is 0.329 e. The third-order valence-electron chi connectivity index (χ3n) is 9.57. The molecule has 1 N–H and O–H groups in total. The van der Waals surface area contributed by atoms with E-state index in [2.05, 4.69) is 38.2 Å². The fourth-order valence-electron chi connectivity index (χ4n) is 6.09. The molecule has 0 heterocycles. The molecule has 0 bridgehead atoms. The minimum atomic E-state index is -4.36. The molecule has 0 aliphatic carbocycles. The molecule has 0 aromatic heterocycles. The Hall–Kier alpha value is -1.11. The predicted molar refractivity (Wildman–Crippen MR) is 217 cm³/mol. The van der Waals surface area contributed by atoms with Crippen LogP contribution in [0.25, 0.3) is 0 Å². The lowest BCUT2D eigenvalue weighted by Crippen LogP contribution is -2.37. The lowest BCUT2D eigenvalue weighted by Gasteiger charge is -2.24. The van der Waals surface area contributed by atoms with Gasteiger partial charge in [-0.3, -0.25) is 18.6 Å². The predicted octanol–water partition coefficient (Wildman–Crippen LogP) is 12.7. The van der Waals surface area contributed by atoms with Gasteiger partial charge in [0.2, 0.25) is 0 Å².